The second-order valence-electron chi connectivity index (χ2n) is 2.41. The van der Waals surface area contributed by atoms with Gasteiger partial charge in [0.25, 0.3) is 0 Å². The molecule has 0 aromatic carbocycles. The van der Waals surface area contributed by atoms with Crippen molar-refractivity contribution in [1.29, 1.82) is 0 Å². The van der Waals surface area contributed by atoms with E-state index in [9.17, 15) is 4.79 Å². The quantitative estimate of drug-likeness (QED) is 0.640. The van der Waals surface area contributed by atoms with Crippen LogP contribution in [0.25, 0.3) is 0 Å². The molecule has 0 radical (unpaired) electrons. The number of rotatable bonds is 2. The topological polar surface area (TPSA) is 74.4 Å². The van der Waals surface area contributed by atoms with Gasteiger partial charge in [-0.25, -0.2) is 9.78 Å². The number of hydrogen-bond donors (Lipinski definition) is 1. The summed E-state index contributed by atoms with van der Waals surface area (Å²) in [4.78, 5) is 15.2. The molecule has 0 aliphatic rings. The number of aromatic nitrogens is 1. The maximum absolute atomic E-state index is 11.3. The number of ether oxygens (including phenoxy) is 2. The Morgan fingerprint density at radius 3 is 2.71 bits per heavy atom. The Hall–Kier alpha value is -1.30. The molecule has 1 aromatic heterocycles. The highest BCUT2D eigenvalue weighted by Crippen LogP contribution is 2.27. The second-order valence-corrected chi connectivity index (χ2v) is 3.22. The molecular weight excluding hydrogens is 252 g/mol. The van der Waals surface area contributed by atoms with Gasteiger partial charge in [0.15, 0.2) is 11.4 Å². The molecule has 0 saturated carbocycles. The summed E-state index contributed by atoms with van der Waals surface area (Å²) in [6.07, 6.45) is 0. The number of hydrogen-bond acceptors (Lipinski definition) is 5. The van der Waals surface area contributed by atoms with Crippen LogP contribution in [0.3, 0.4) is 0 Å². The van der Waals surface area contributed by atoms with E-state index >= 15 is 0 Å². The molecule has 14 heavy (non-hydrogen) atoms. The van der Waals surface area contributed by atoms with Crippen LogP contribution < -0.4 is 10.5 Å². The van der Waals surface area contributed by atoms with Gasteiger partial charge in [0, 0.05) is 0 Å². The second kappa shape index (κ2) is 4.28. The molecule has 0 spiro atoms. The Kier molecular flexibility index (Phi) is 3.29. The average Bonchev–Trinajstić information content (AvgIpc) is 2.15. The van der Waals surface area contributed by atoms with Crippen molar-refractivity contribution in [2.24, 2.45) is 0 Å². The van der Waals surface area contributed by atoms with E-state index in [-0.39, 0.29) is 11.4 Å². The smallest absolute Gasteiger partial charge is 0.360 e. The molecule has 1 aromatic rings. The van der Waals surface area contributed by atoms with Gasteiger partial charge in [0.2, 0.25) is 0 Å². The molecule has 0 aliphatic heterocycles. The fourth-order valence-corrected chi connectivity index (χ4v) is 1.39. The van der Waals surface area contributed by atoms with Gasteiger partial charge < -0.3 is 15.2 Å². The Balaban J connectivity index is 3.32. The van der Waals surface area contributed by atoms with Gasteiger partial charge >= 0.3 is 5.97 Å². The van der Waals surface area contributed by atoms with Crippen LogP contribution in [-0.4, -0.2) is 25.2 Å². The van der Waals surface area contributed by atoms with Gasteiger partial charge in [-0.3, -0.25) is 0 Å². The summed E-state index contributed by atoms with van der Waals surface area (Å²) in [7, 11) is 2.67. The van der Waals surface area contributed by atoms with Crippen molar-refractivity contribution < 1.29 is 14.3 Å². The lowest BCUT2D eigenvalue weighted by Gasteiger charge is -2.08. The number of nitrogens with two attached hydrogens (primary N) is 1. The van der Waals surface area contributed by atoms with Crippen LogP contribution in [0.4, 0.5) is 5.69 Å². The summed E-state index contributed by atoms with van der Waals surface area (Å²) in [6, 6.07) is 1.55. The van der Waals surface area contributed by atoms with Crippen molar-refractivity contribution in [1.82, 2.24) is 4.98 Å². The first-order valence-electron chi connectivity index (χ1n) is 3.68. The molecule has 1 rings (SSSR count). The maximum Gasteiger partial charge on any atom is 0.360 e. The highest BCUT2D eigenvalue weighted by molar-refractivity contribution is 9.10. The molecule has 5 nitrogen and oxygen atoms in total. The van der Waals surface area contributed by atoms with Crippen LogP contribution in [0.2, 0.25) is 0 Å². The Labute approximate surface area is 89.3 Å². The zero-order chi connectivity index (χ0) is 10.7. The van der Waals surface area contributed by atoms with E-state index < -0.39 is 5.97 Å². The zero-order valence-electron chi connectivity index (χ0n) is 7.70. The molecule has 6 heteroatoms. The molecule has 76 valence electrons. The van der Waals surface area contributed by atoms with E-state index in [0.717, 1.165) is 0 Å². The largest absolute Gasteiger partial charge is 0.492 e. The molecule has 0 atom stereocenters. The molecule has 0 unspecified atom stereocenters. The number of carbonyl (C=O) groups excluding carboxylic acids is 1. The molecular formula is C8H9BrN2O3. The van der Waals surface area contributed by atoms with E-state index in [0.29, 0.717) is 10.3 Å². The van der Waals surface area contributed by atoms with Crippen LogP contribution in [0, 0.1) is 0 Å². The highest BCUT2D eigenvalue weighted by atomic mass is 79.9. The SMILES string of the molecule is COC(=O)c1nc(Br)cc(N)c1OC. The monoisotopic (exact) mass is 260 g/mol. The lowest BCUT2D eigenvalue weighted by atomic mass is 10.3. The molecule has 1 heterocycles. The Morgan fingerprint density at radius 1 is 1.57 bits per heavy atom. The minimum Gasteiger partial charge on any atom is -0.492 e. The van der Waals surface area contributed by atoms with E-state index in [1.807, 2.05) is 0 Å². The number of pyridine rings is 1. The summed E-state index contributed by atoms with van der Waals surface area (Å²) in [5.74, 6) is -0.366. The van der Waals surface area contributed by atoms with E-state index in [1.54, 1.807) is 6.07 Å². The minimum atomic E-state index is -0.588. The molecule has 2 N–H and O–H groups in total. The fourth-order valence-electron chi connectivity index (χ4n) is 0.970. The average molecular weight is 261 g/mol. The van der Waals surface area contributed by atoms with Gasteiger partial charge in [0.1, 0.15) is 4.60 Å². The van der Waals surface area contributed by atoms with Gasteiger partial charge in [-0.05, 0) is 22.0 Å². The molecule has 0 amide bonds. The van der Waals surface area contributed by atoms with E-state index in [1.165, 1.54) is 14.2 Å². The van der Waals surface area contributed by atoms with Gasteiger partial charge in [0.05, 0.1) is 19.9 Å². The third-order valence-electron chi connectivity index (χ3n) is 1.55. The zero-order valence-corrected chi connectivity index (χ0v) is 9.29. The summed E-state index contributed by atoms with van der Waals surface area (Å²) < 4.78 is 9.93. The molecule has 0 aliphatic carbocycles. The third kappa shape index (κ3) is 1.95. The summed E-state index contributed by atoms with van der Waals surface area (Å²) in [6.45, 7) is 0. The fraction of sp³-hybridized carbons (Fsp3) is 0.250. The standard InChI is InChI=1S/C8H9BrN2O3/c1-13-7-4(10)3-5(9)11-6(7)8(12)14-2/h3H,1-2H3,(H2,10,11). The van der Waals surface area contributed by atoms with Crippen LogP contribution >= 0.6 is 15.9 Å². The predicted molar refractivity (Wildman–Crippen MR) is 54.2 cm³/mol. The number of esters is 1. The molecule has 0 bridgehead atoms. The number of methoxy groups -OCH3 is 2. The van der Waals surface area contributed by atoms with Crippen LogP contribution in [0.5, 0.6) is 5.75 Å². The first kappa shape index (κ1) is 10.8. The predicted octanol–water partition coefficient (Wildman–Crippen LogP) is 1.22. The minimum absolute atomic E-state index is 0.0573. The number of halogens is 1. The number of carbonyl (C=O) groups is 1. The number of nitrogens with zero attached hydrogens (tertiary/aromatic N) is 1. The number of nitrogen functional groups attached to an aromatic ring is 1. The lowest BCUT2D eigenvalue weighted by molar-refractivity contribution is 0.0590. The van der Waals surface area contributed by atoms with Crippen molar-refractivity contribution >= 4 is 27.6 Å². The lowest BCUT2D eigenvalue weighted by Crippen LogP contribution is -2.09. The van der Waals surface area contributed by atoms with Crippen molar-refractivity contribution in [2.45, 2.75) is 0 Å². The first-order chi connectivity index (χ1) is 6.60. The van der Waals surface area contributed by atoms with E-state index in [2.05, 4.69) is 25.7 Å². The van der Waals surface area contributed by atoms with Crippen LogP contribution in [-0.2, 0) is 4.74 Å². The van der Waals surface area contributed by atoms with Crippen LogP contribution in [0.1, 0.15) is 10.5 Å². The summed E-state index contributed by atoms with van der Waals surface area (Å²) >= 11 is 3.12. The first-order valence-corrected chi connectivity index (χ1v) is 4.47. The summed E-state index contributed by atoms with van der Waals surface area (Å²) in [5, 5.41) is 0. The Morgan fingerprint density at radius 2 is 2.21 bits per heavy atom. The van der Waals surface area contributed by atoms with E-state index in [4.69, 9.17) is 10.5 Å². The normalized spacial score (nSPS) is 9.64. The van der Waals surface area contributed by atoms with Crippen molar-refractivity contribution in [3.05, 3.63) is 16.4 Å². The van der Waals surface area contributed by atoms with Crippen LogP contribution in [0.15, 0.2) is 10.7 Å². The number of anilines is 1. The van der Waals surface area contributed by atoms with Crippen molar-refractivity contribution in [2.75, 3.05) is 20.0 Å². The highest BCUT2D eigenvalue weighted by Gasteiger charge is 2.18. The summed E-state index contributed by atoms with van der Waals surface area (Å²) in [5.41, 5.74) is 6.01. The van der Waals surface area contributed by atoms with Crippen molar-refractivity contribution in [3.63, 3.8) is 0 Å². The Bertz CT molecular complexity index is 368. The third-order valence-corrected chi connectivity index (χ3v) is 1.96. The maximum atomic E-state index is 11.3. The van der Waals surface area contributed by atoms with Gasteiger partial charge in [-0.1, -0.05) is 0 Å². The van der Waals surface area contributed by atoms with Crippen molar-refractivity contribution in [3.8, 4) is 5.75 Å². The molecule has 0 saturated heterocycles. The van der Waals surface area contributed by atoms with Gasteiger partial charge in [-0.15, -0.1) is 0 Å². The van der Waals surface area contributed by atoms with Gasteiger partial charge in [-0.2, -0.15) is 0 Å². The molecule has 0 fully saturated rings.